The average molecular weight is 335 g/mol. The second-order valence-electron chi connectivity index (χ2n) is 5.72. The molecule has 0 fully saturated rings. The van der Waals surface area contributed by atoms with E-state index >= 15 is 0 Å². The van der Waals surface area contributed by atoms with Crippen LogP contribution in [0, 0.1) is 13.8 Å². The number of anilines is 1. The summed E-state index contributed by atoms with van der Waals surface area (Å²) in [5, 5.41) is 16.2. The Morgan fingerprint density at radius 1 is 1.04 bits per heavy atom. The van der Waals surface area contributed by atoms with Gasteiger partial charge in [-0.2, -0.15) is 5.10 Å². The van der Waals surface area contributed by atoms with Crippen molar-refractivity contribution >= 4 is 17.6 Å². The zero-order chi connectivity index (χ0) is 18.0. The monoisotopic (exact) mass is 335 g/mol. The number of hydrogen-bond donors (Lipinski definition) is 2. The highest BCUT2D eigenvalue weighted by Crippen LogP contribution is 2.21. The van der Waals surface area contributed by atoms with Crippen molar-refractivity contribution in [2.45, 2.75) is 13.8 Å². The molecule has 0 bridgehead atoms. The first kappa shape index (κ1) is 16.4. The van der Waals surface area contributed by atoms with E-state index in [9.17, 15) is 14.7 Å². The molecule has 0 aliphatic heterocycles. The zero-order valence-corrected chi connectivity index (χ0v) is 13.9. The fraction of sp³-hybridized carbons (Fsp3) is 0.105. The van der Waals surface area contributed by atoms with Crippen LogP contribution in [-0.2, 0) is 0 Å². The normalized spacial score (nSPS) is 10.5. The second kappa shape index (κ2) is 6.60. The molecule has 1 aromatic heterocycles. The van der Waals surface area contributed by atoms with Gasteiger partial charge in [-0.3, -0.25) is 4.79 Å². The van der Waals surface area contributed by atoms with E-state index in [-0.39, 0.29) is 11.3 Å². The quantitative estimate of drug-likeness (QED) is 0.765. The van der Waals surface area contributed by atoms with Crippen LogP contribution in [0.15, 0.2) is 54.7 Å². The molecule has 0 atom stereocenters. The van der Waals surface area contributed by atoms with Crippen LogP contribution < -0.4 is 5.32 Å². The first-order valence-electron chi connectivity index (χ1n) is 7.72. The Kier molecular flexibility index (Phi) is 4.35. The number of aromatic nitrogens is 2. The third-order valence-electron chi connectivity index (χ3n) is 3.89. The Hall–Kier alpha value is -3.41. The average Bonchev–Trinajstić information content (AvgIpc) is 3.08. The van der Waals surface area contributed by atoms with E-state index in [0.29, 0.717) is 11.3 Å². The summed E-state index contributed by atoms with van der Waals surface area (Å²) in [6.45, 7) is 3.54. The topological polar surface area (TPSA) is 84.2 Å². The molecule has 0 saturated heterocycles. The van der Waals surface area contributed by atoms with Crippen LogP contribution in [-0.4, -0.2) is 26.8 Å². The summed E-state index contributed by atoms with van der Waals surface area (Å²) in [5.41, 5.74) is 3.16. The molecule has 2 N–H and O–H groups in total. The maximum atomic E-state index is 12.4. The van der Waals surface area contributed by atoms with Gasteiger partial charge in [-0.1, -0.05) is 24.3 Å². The Bertz CT molecular complexity index is 946. The lowest BCUT2D eigenvalue weighted by molar-refractivity contribution is 0.0695. The van der Waals surface area contributed by atoms with Gasteiger partial charge in [-0.15, -0.1) is 0 Å². The van der Waals surface area contributed by atoms with E-state index in [1.807, 2.05) is 37.3 Å². The predicted octanol–water partition coefficient (Wildman–Crippen LogP) is 3.44. The smallest absolute Gasteiger partial charge is 0.336 e. The van der Waals surface area contributed by atoms with Crippen molar-refractivity contribution in [1.29, 1.82) is 0 Å². The largest absolute Gasteiger partial charge is 0.478 e. The second-order valence-corrected chi connectivity index (χ2v) is 5.72. The van der Waals surface area contributed by atoms with E-state index in [0.717, 1.165) is 11.3 Å². The molecule has 1 amide bonds. The molecule has 0 aliphatic rings. The van der Waals surface area contributed by atoms with Crippen LogP contribution in [0.1, 0.15) is 32.0 Å². The van der Waals surface area contributed by atoms with Gasteiger partial charge < -0.3 is 10.4 Å². The van der Waals surface area contributed by atoms with Crippen LogP contribution in [0.2, 0.25) is 0 Å². The van der Waals surface area contributed by atoms with Crippen LogP contribution in [0.25, 0.3) is 5.69 Å². The number of aryl methyl sites for hydroxylation is 2. The number of carboxylic acid groups (broad SMARTS) is 1. The summed E-state index contributed by atoms with van der Waals surface area (Å²) in [7, 11) is 0. The van der Waals surface area contributed by atoms with E-state index in [4.69, 9.17) is 0 Å². The van der Waals surface area contributed by atoms with Crippen molar-refractivity contribution in [3.63, 3.8) is 0 Å². The van der Waals surface area contributed by atoms with Crippen molar-refractivity contribution in [3.05, 3.63) is 77.1 Å². The van der Waals surface area contributed by atoms with Gasteiger partial charge >= 0.3 is 5.97 Å². The van der Waals surface area contributed by atoms with Gasteiger partial charge in [0.25, 0.3) is 5.91 Å². The molecule has 6 nitrogen and oxygen atoms in total. The first-order valence-corrected chi connectivity index (χ1v) is 7.72. The van der Waals surface area contributed by atoms with Gasteiger partial charge in [-0.25, -0.2) is 9.48 Å². The molecule has 0 aliphatic carbocycles. The number of benzene rings is 2. The highest BCUT2D eigenvalue weighted by Gasteiger charge is 2.15. The minimum atomic E-state index is -1.03. The Labute approximate surface area is 144 Å². The van der Waals surface area contributed by atoms with E-state index in [1.165, 1.54) is 6.07 Å². The lowest BCUT2D eigenvalue weighted by Crippen LogP contribution is -2.15. The molecule has 2 aromatic carbocycles. The highest BCUT2D eigenvalue weighted by atomic mass is 16.4. The number of nitrogens with zero attached hydrogens (tertiary/aromatic N) is 2. The number of amides is 1. The number of hydrogen-bond acceptors (Lipinski definition) is 3. The molecular weight excluding hydrogens is 318 g/mol. The number of rotatable bonds is 4. The third kappa shape index (κ3) is 3.42. The van der Waals surface area contributed by atoms with Crippen molar-refractivity contribution in [2.24, 2.45) is 0 Å². The molecule has 0 radical (unpaired) electrons. The van der Waals surface area contributed by atoms with Gasteiger partial charge in [0, 0.05) is 11.9 Å². The number of carbonyl (C=O) groups excluding carboxylic acids is 1. The van der Waals surface area contributed by atoms with E-state index < -0.39 is 11.9 Å². The van der Waals surface area contributed by atoms with E-state index in [1.54, 1.807) is 29.9 Å². The fourth-order valence-electron chi connectivity index (χ4n) is 2.57. The molecular formula is C19H17N3O3. The summed E-state index contributed by atoms with van der Waals surface area (Å²) in [4.78, 5) is 23.7. The van der Waals surface area contributed by atoms with Crippen molar-refractivity contribution < 1.29 is 14.7 Å². The first-order chi connectivity index (χ1) is 12.0. The van der Waals surface area contributed by atoms with Gasteiger partial charge in [0.05, 0.1) is 11.3 Å². The van der Waals surface area contributed by atoms with Crippen LogP contribution in [0.3, 0.4) is 0 Å². The predicted molar refractivity (Wildman–Crippen MR) is 94.4 cm³/mol. The zero-order valence-electron chi connectivity index (χ0n) is 13.9. The standard InChI is InChI=1S/C19H17N3O3/c1-12-10-13(2)17(11-15(12)19(24)25)20-18(23)16-8-9-22(21-16)14-6-4-3-5-7-14/h3-11H,1-2H3,(H,20,23)(H,24,25). The molecule has 0 spiro atoms. The van der Waals surface area contributed by atoms with Crippen molar-refractivity contribution in [2.75, 3.05) is 5.32 Å². The lowest BCUT2D eigenvalue weighted by atomic mass is 10.0. The molecule has 1 heterocycles. The van der Waals surface area contributed by atoms with Crippen LogP contribution in [0.5, 0.6) is 0 Å². The number of aromatic carboxylic acids is 1. The Morgan fingerprint density at radius 3 is 2.44 bits per heavy atom. The summed E-state index contributed by atoms with van der Waals surface area (Å²) in [6.07, 6.45) is 1.70. The molecule has 0 unspecified atom stereocenters. The highest BCUT2D eigenvalue weighted by molar-refractivity contribution is 6.04. The Balaban J connectivity index is 1.85. The maximum absolute atomic E-state index is 12.4. The summed E-state index contributed by atoms with van der Waals surface area (Å²) >= 11 is 0. The van der Waals surface area contributed by atoms with Gasteiger partial charge in [0.1, 0.15) is 0 Å². The summed E-state index contributed by atoms with van der Waals surface area (Å²) in [6, 6.07) is 14.3. The van der Waals surface area contributed by atoms with Gasteiger partial charge in [-0.05, 0) is 49.2 Å². The molecule has 0 saturated carbocycles. The number of para-hydroxylation sites is 1. The van der Waals surface area contributed by atoms with Gasteiger partial charge in [0.2, 0.25) is 0 Å². The van der Waals surface area contributed by atoms with Crippen LogP contribution in [0.4, 0.5) is 5.69 Å². The fourth-order valence-corrected chi connectivity index (χ4v) is 2.57. The molecule has 3 aromatic rings. The minimum absolute atomic E-state index is 0.163. The molecule has 126 valence electrons. The molecule has 25 heavy (non-hydrogen) atoms. The summed E-state index contributed by atoms with van der Waals surface area (Å²) < 4.78 is 1.61. The van der Waals surface area contributed by atoms with E-state index in [2.05, 4.69) is 10.4 Å². The molecule has 3 rings (SSSR count). The SMILES string of the molecule is Cc1cc(C)c(C(=O)O)cc1NC(=O)c1ccn(-c2ccccc2)n1. The Morgan fingerprint density at radius 2 is 1.76 bits per heavy atom. The molecule has 6 heteroatoms. The third-order valence-corrected chi connectivity index (χ3v) is 3.89. The minimum Gasteiger partial charge on any atom is -0.478 e. The summed E-state index contributed by atoms with van der Waals surface area (Å²) in [5.74, 6) is -1.42. The van der Waals surface area contributed by atoms with Crippen molar-refractivity contribution in [3.8, 4) is 5.69 Å². The van der Waals surface area contributed by atoms with Crippen molar-refractivity contribution in [1.82, 2.24) is 9.78 Å². The number of carbonyl (C=O) groups is 2. The number of carboxylic acids is 1. The van der Waals surface area contributed by atoms with Crippen LogP contribution >= 0.6 is 0 Å². The van der Waals surface area contributed by atoms with Gasteiger partial charge in [0.15, 0.2) is 5.69 Å². The maximum Gasteiger partial charge on any atom is 0.336 e. The number of nitrogens with one attached hydrogen (secondary N) is 1. The lowest BCUT2D eigenvalue weighted by Gasteiger charge is -2.10.